The van der Waals surface area contributed by atoms with Crippen LogP contribution < -0.4 is 9.47 Å². The summed E-state index contributed by atoms with van der Waals surface area (Å²) < 4.78 is 39.5. The lowest BCUT2D eigenvalue weighted by molar-refractivity contribution is 0.0209. The van der Waals surface area contributed by atoms with Crippen LogP contribution in [0.3, 0.4) is 0 Å². The Balaban J connectivity index is 1.61. The molecule has 0 N–H and O–H groups in total. The van der Waals surface area contributed by atoms with Crippen molar-refractivity contribution in [2.75, 3.05) is 7.11 Å². The van der Waals surface area contributed by atoms with E-state index in [-0.39, 0.29) is 23.7 Å². The number of fused-ring (bicyclic) bond motifs is 2. The number of hydrogen-bond donors (Lipinski definition) is 0. The van der Waals surface area contributed by atoms with Crippen LogP contribution in [0.4, 0.5) is 8.78 Å². The van der Waals surface area contributed by atoms with Gasteiger partial charge in [0.15, 0.2) is 23.1 Å². The third kappa shape index (κ3) is 2.99. The van der Waals surface area contributed by atoms with E-state index in [9.17, 15) is 8.78 Å². The maximum Gasteiger partial charge on any atom is 0.165 e. The van der Waals surface area contributed by atoms with Crippen molar-refractivity contribution in [3.8, 4) is 11.5 Å². The summed E-state index contributed by atoms with van der Waals surface area (Å²) in [6, 6.07) is 10.2. The molecule has 2 unspecified atom stereocenters. The standard InChI is InChI=1S/C21H22F2O2/c1-24-20-15(7-3-9-17(20)22)11-13-5-2-6-14-12-16-8-4-10-18(23)21(16)25-19(13)14/h3-4,7-10,13-14,19H,2,5-6,11-12H2,1H3/t13-,14?,19?/m1/s1. The molecule has 25 heavy (non-hydrogen) atoms. The van der Waals surface area contributed by atoms with Crippen molar-refractivity contribution >= 4 is 0 Å². The third-order valence-corrected chi connectivity index (χ3v) is 5.60. The van der Waals surface area contributed by atoms with Crippen molar-refractivity contribution in [1.29, 1.82) is 0 Å². The topological polar surface area (TPSA) is 18.5 Å². The van der Waals surface area contributed by atoms with Crippen LogP contribution in [-0.4, -0.2) is 13.2 Å². The maximum absolute atomic E-state index is 14.2. The molecule has 0 amide bonds. The Morgan fingerprint density at radius 1 is 1.08 bits per heavy atom. The smallest absolute Gasteiger partial charge is 0.165 e. The minimum Gasteiger partial charge on any atom is -0.493 e. The quantitative estimate of drug-likeness (QED) is 0.785. The summed E-state index contributed by atoms with van der Waals surface area (Å²) in [6.45, 7) is 0. The molecule has 0 bridgehead atoms. The minimum absolute atomic E-state index is 0.0221. The first kappa shape index (κ1) is 16.4. The second-order valence-electron chi connectivity index (χ2n) is 7.10. The van der Waals surface area contributed by atoms with Gasteiger partial charge < -0.3 is 9.47 Å². The molecular formula is C21H22F2O2. The summed E-state index contributed by atoms with van der Waals surface area (Å²) in [5.41, 5.74) is 1.82. The summed E-state index contributed by atoms with van der Waals surface area (Å²) >= 11 is 0. The van der Waals surface area contributed by atoms with Crippen LogP contribution in [0, 0.1) is 23.5 Å². The molecule has 1 saturated carbocycles. The molecule has 2 aromatic carbocycles. The lowest BCUT2D eigenvalue weighted by atomic mass is 9.72. The molecule has 2 aliphatic rings. The fourth-order valence-corrected chi connectivity index (χ4v) is 4.47. The molecule has 1 fully saturated rings. The van der Waals surface area contributed by atoms with Crippen molar-refractivity contribution in [2.24, 2.45) is 11.8 Å². The molecule has 4 rings (SSSR count). The molecular weight excluding hydrogens is 322 g/mol. The molecule has 0 aromatic heterocycles. The van der Waals surface area contributed by atoms with Crippen molar-refractivity contribution in [2.45, 2.75) is 38.2 Å². The molecule has 3 atom stereocenters. The van der Waals surface area contributed by atoms with Gasteiger partial charge in [-0.05, 0) is 48.9 Å². The van der Waals surface area contributed by atoms with Crippen molar-refractivity contribution < 1.29 is 18.3 Å². The zero-order chi connectivity index (χ0) is 17.4. The number of ether oxygens (including phenoxy) is 2. The highest BCUT2D eigenvalue weighted by molar-refractivity contribution is 5.38. The predicted octanol–water partition coefficient (Wildman–Crippen LogP) is 4.94. The highest BCUT2D eigenvalue weighted by atomic mass is 19.1. The van der Waals surface area contributed by atoms with E-state index in [0.717, 1.165) is 36.8 Å². The summed E-state index contributed by atoms with van der Waals surface area (Å²) in [5.74, 6) is 0.723. The van der Waals surface area contributed by atoms with Gasteiger partial charge >= 0.3 is 0 Å². The van der Waals surface area contributed by atoms with Crippen LogP contribution in [0.1, 0.15) is 30.4 Å². The van der Waals surface area contributed by atoms with Gasteiger partial charge in [-0.1, -0.05) is 30.7 Å². The van der Waals surface area contributed by atoms with E-state index in [1.165, 1.54) is 19.2 Å². The van der Waals surface area contributed by atoms with Gasteiger partial charge in [0, 0.05) is 11.8 Å². The Morgan fingerprint density at radius 2 is 1.88 bits per heavy atom. The fraction of sp³-hybridized carbons (Fsp3) is 0.429. The monoisotopic (exact) mass is 344 g/mol. The largest absolute Gasteiger partial charge is 0.493 e. The van der Waals surface area contributed by atoms with E-state index >= 15 is 0 Å². The van der Waals surface area contributed by atoms with Crippen molar-refractivity contribution in [3.63, 3.8) is 0 Å². The Labute approximate surface area is 146 Å². The fourth-order valence-electron chi connectivity index (χ4n) is 4.47. The summed E-state index contributed by atoms with van der Waals surface area (Å²) in [5, 5.41) is 0. The summed E-state index contributed by atoms with van der Waals surface area (Å²) in [7, 11) is 1.49. The van der Waals surface area contributed by atoms with E-state index in [0.29, 0.717) is 23.8 Å². The van der Waals surface area contributed by atoms with Gasteiger partial charge in [0.1, 0.15) is 6.10 Å². The van der Waals surface area contributed by atoms with Crippen LogP contribution in [0.2, 0.25) is 0 Å². The Morgan fingerprint density at radius 3 is 2.72 bits per heavy atom. The van der Waals surface area contributed by atoms with Crippen LogP contribution in [0.25, 0.3) is 0 Å². The number of hydrogen-bond acceptors (Lipinski definition) is 2. The van der Waals surface area contributed by atoms with Crippen molar-refractivity contribution in [1.82, 2.24) is 0 Å². The Bertz CT molecular complexity index is 774. The second-order valence-corrected chi connectivity index (χ2v) is 7.10. The normalized spacial score (nSPS) is 24.8. The van der Waals surface area contributed by atoms with Crippen LogP contribution in [-0.2, 0) is 12.8 Å². The van der Waals surface area contributed by atoms with Gasteiger partial charge in [0.05, 0.1) is 7.11 Å². The summed E-state index contributed by atoms with van der Waals surface area (Å²) in [4.78, 5) is 0. The Hall–Kier alpha value is -2.10. The lowest BCUT2D eigenvalue weighted by Crippen LogP contribution is -2.43. The first-order valence-electron chi connectivity index (χ1n) is 8.92. The average molecular weight is 344 g/mol. The molecule has 132 valence electrons. The molecule has 1 aliphatic carbocycles. The van der Waals surface area contributed by atoms with Crippen LogP contribution in [0.5, 0.6) is 11.5 Å². The van der Waals surface area contributed by atoms with Crippen molar-refractivity contribution in [3.05, 3.63) is 59.2 Å². The van der Waals surface area contributed by atoms with Gasteiger partial charge in [0.2, 0.25) is 0 Å². The second kappa shape index (κ2) is 6.66. The van der Waals surface area contributed by atoms with Gasteiger partial charge in [-0.3, -0.25) is 0 Å². The SMILES string of the molecule is COc1c(F)cccc1C[C@H]1CCCC2Cc3cccc(F)c3OC21. The highest BCUT2D eigenvalue weighted by Crippen LogP contribution is 2.43. The molecule has 1 heterocycles. The van der Waals surface area contributed by atoms with Crippen LogP contribution >= 0.6 is 0 Å². The van der Waals surface area contributed by atoms with E-state index in [1.807, 2.05) is 12.1 Å². The number of rotatable bonds is 3. The zero-order valence-corrected chi connectivity index (χ0v) is 14.3. The molecule has 0 radical (unpaired) electrons. The highest BCUT2D eigenvalue weighted by Gasteiger charge is 2.39. The van der Waals surface area contributed by atoms with Crippen LogP contribution in [0.15, 0.2) is 36.4 Å². The molecule has 0 spiro atoms. The lowest BCUT2D eigenvalue weighted by Gasteiger charge is -2.42. The van der Waals surface area contributed by atoms with Gasteiger partial charge in [0.25, 0.3) is 0 Å². The molecule has 4 heteroatoms. The first-order chi connectivity index (χ1) is 12.2. The molecule has 0 saturated heterocycles. The Kier molecular flexibility index (Phi) is 4.36. The molecule has 2 nitrogen and oxygen atoms in total. The molecule has 2 aromatic rings. The third-order valence-electron chi connectivity index (χ3n) is 5.60. The number of methoxy groups -OCH3 is 1. The van der Waals surface area contributed by atoms with E-state index in [2.05, 4.69) is 0 Å². The number of halogens is 2. The minimum atomic E-state index is -0.340. The number of para-hydroxylation sites is 2. The van der Waals surface area contributed by atoms with Gasteiger partial charge in [-0.15, -0.1) is 0 Å². The maximum atomic E-state index is 14.2. The first-order valence-corrected chi connectivity index (χ1v) is 8.92. The van der Waals surface area contributed by atoms with E-state index in [4.69, 9.17) is 9.47 Å². The molecule has 1 aliphatic heterocycles. The average Bonchev–Trinajstić information content (AvgIpc) is 2.61. The summed E-state index contributed by atoms with van der Waals surface area (Å²) in [6.07, 6.45) is 4.74. The van der Waals surface area contributed by atoms with E-state index in [1.54, 1.807) is 12.1 Å². The predicted molar refractivity (Wildman–Crippen MR) is 92.0 cm³/mol. The van der Waals surface area contributed by atoms with E-state index < -0.39 is 0 Å². The number of benzene rings is 2. The zero-order valence-electron chi connectivity index (χ0n) is 14.3. The van der Waals surface area contributed by atoms with Gasteiger partial charge in [-0.25, -0.2) is 8.78 Å². The van der Waals surface area contributed by atoms with Gasteiger partial charge in [-0.2, -0.15) is 0 Å².